The topological polar surface area (TPSA) is 3.24 Å². The van der Waals surface area contributed by atoms with Crippen LogP contribution < -0.4 is 0 Å². The van der Waals surface area contributed by atoms with Gasteiger partial charge in [-0.15, -0.1) is 0 Å². The van der Waals surface area contributed by atoms with Crippen molar-refractivity contribution in [3.63, 3.8) is 0 Å². The van der Waals surface area contributed by atoms with Crippen LogP contribution >= 0.6 is 0 Å². The maximum atomic E-state index is 2.43. The third-order valence-electron chi connectivity index (χ3n) is 6.43. The fourth-order valence-electron chi connectivity index (χ4n) is 4.15. The highest BCUT2D eigenvalue weighted by Gasteiger charge is 1.97. The SMILES string of the molecule is CCCCCCCCCCCCCCCCCCCCCCCCN(C)CC. The average molecular weight is 396 g/mol. The van der Waals surface area contributed by atoms with Crippen molar-refractivity contribution in [2.45, 2.75) is 155 Å². The summed E-state index contributed by atoms with van der Waals surface area (Å²) in [6, 6.07) is 0. The molecule has 0 heterocycles. The molecule has 0 saturated heterocycles. The van der Waals surface area contributed by atoms with E-state index in [1.54, 1.807) is 0 Å². The molecular formula is C27H57N. The number of hydrogen-bond acceptors (Lipinski definition) is 1. The molecule has 0 aromatic carbocycles. The van der Waals surface area contributed by atoms with Crippen molar-refractivity contribution >= 4 is 0 Å². The first kappa shape index (κ1) is 28.0. The number of rotatable bonds is 24. The summed E-state index contributed by atoms with van der Waals surface area (Å²) in [6.07, 6.45) is 32.3. The maximum absolute atomic E-state index is 2.43. The molecule has 1 nitrogen and oxygen atoms in total. The molecule has 0 atom stereocenters. The van der Waals surface area contributed by atoms with E-state index in [1.807, 2.05) is 0 Å². The molecule has 0 aliphatic heterocycles. The number of nitrogens with zero attached hydrogens (tertiary/aromatic N) is 1. The molecule has 0 aromatic heterocycles. The lowest BCUT2D eigenvalue weighted by atomic mass is 10.0. The lowest BCUT2D eigenvalue weighted by molar-refractivity contribution is 0.340. The maximum Gasteiger partial charge on any atom is -0.00219 e. The summed E-state index contributed by atoms with van der Waals surface area (Å²) in [5.74, 6) is 0. The normalized spacial score (nSPS) is 11.6. The largest absolute Gasteiger partial charge is 0.307 e. The van der Waals surface area contributed by atoms with Gasteiger partial charge in [0.1, 0.15) is 0 Å². The van der Waals surface area contributed by atoms with Gasteiger partial charge < -0.3 is 4.90 Å². The van der Waals surface area contributed by atoms with Crippen LogP contribution in [0, 0.1) is 0 Å². The molecule has 0 amide bonds. The second-order valence-electron chi connectivity index (χ2n) is 9.32. The van der Waals surface area contributed by atoms with Gasteiger partial charge in [-0.25, -0.2) is 0 Å². The first-order chi connectivity index (χ1) is 13.8. The van der Waals surface area contributed by atoms with Crippen molar-refractivity contribution in [1.29, 1.82) is 0 Å². The van der Waals surface area contributed by atoms with E-state index in [4.69, 9.17) is 0 Å². The molecular weight excluding hydrogens is 338 g/mol. The van der Waals surface area contributed by atoms with Crippen molar-refractivity contribution in [3.8, 4) is 0 Å². The van der Waals surface area contributed by atoms with Gasteiger partial charge in [0, 0.05) is 0 Å². The summed E-state index contributed by atoms with van der Waals surface area (Å²) in [5.41, 5.74) is 0. The third-order valence-corrected chi connectivity index (χ3v) is 6.43. The molecule has 28 heavy (non-hydrogen) atoms. The Morgan fingerprint density at radius 2 is 0.607 bits per heavy atom. The van der Waals surface area contributed by atoms with E-state index < -0.39 is 0 Å². The number of hydrogen-bond donors (Lipinski definition) is 0. The standard InChI is InChI=1S/C27H57N/c1-4-6-7-8-9-10-11-12-13-14-15-16-17-18-19-20-21-22-23-24-25-26-27-28(3)5-2/h4-27H2,1-3H3. The van der Waals surface area contributed by atoms with E-state index in [0.717, 1.165) is 0 Å². The molecule has 1 heteroatoms. The quantitative estimate of drug-likeness (QED) is 0.147. The smallest absolute Gasteiger partial charge is 0.00219 e. The molecule has 0 aromatic rings. The minimum Gasteiger partial charge on any atom is -0.307 e. The van der Waals surface area contributed by atoms with E-state index in [0.29, 0.717) is 0 Å². The van der Waals surface area contributed by atoms with Gasteiger partial charge in [0.05, 0.1) is 0 Å². The van der Waals surface area contributed by atoms with E-state index in [1.165, 1.54) is 154 Å². The molecule has 0 aliphatic carbocycles. The highest BCUT2D eigenvalue weighted by atomic mass is 15.1. The van der Waals surface area contributed by atoms with Crippen LogP contribution in [-0.4, -0.2) is 25.0 Å². The lowest BCUT2D eigenvalue weighted by Gasteiger charge is -2.12. The Labute approximate surface area is 180 Å². The van der Waals surface area contributed by atoms with Crippen LogP contribution in [0.5, 0.6) is 0 Å². The molecule has 0 fully saturated rings. The van der Waals surface area contributed by atoms with Gasteiger partial charge in [-0.1, -0.05) is 149 Å². The fraction of sp³-hybridized carbons (Fsp3) is 1.00. The van der Waals surface area contributed by atoms with Crippen LogP contribution in [0.3, 0.4) is 0 Å². The highest BCUT2D eigenvalue weighted by molar-refractivity contribution is 4.52. The predicted molar refractivity (Wildman–Crippen MR) is 130 cm³/mol. The van der Waals surface area contributed by atoms with E-state index in [9.17, 15) is 0 Å². The highest BCUT2D eigenvalue weighted by Crippen LogP contribution is 2.15. The number of unbranched alkanes of at least 4 members (excludes halogenated alkanes) is 21. The predicted octanol–water partition coefficient (Wildman–Crippen LogP) is 9.54. The lowest BCUT2D eigenvalue weighted by Crippen LogP contribution is -2.18. The van der Waals surface area contributed by atoms with Gasteiger partial charge in [0.15, 0.2) is 0 Å². The summed E-state index contributed by atoms with van der Waals surface area (Å²) in [6.45, 7) is 7.03. The summed E-state index contributed by atoms with van der Waals surface area (Å²) in [5, 5.41) is 0. The van der Waals surface area contributed by atoms with Crippen LogP contribution in [0.1, 0.15) is 155 Å². The van der Waals surface area contributed by atoms with E-state index >= 15 is 0 Å². The summed E-state index contributed by atoms with van der Waals surface area (Å²) in [4.78, 5) is 2.43. The van der Waals surface area contributed by atoms with Gasteiger partial charge >= 0.3 is 0 Å². The van der Waals surface area contributed by atoms with Crippen LogP contribution in [0.2, 0.25) is 0 Å². The van der Waals surface area contributed by atoms with Gasteiger partial charge in [-0.05, 0) is 26.6 Å². The van der Waals surface area contributed by atoms with Crippen molar-refractivity contribution in [3.05, 3.63) is 0 Å². The van der Waals surface area contributed by atoms with Crippen molar-refractivity contribution in [2.24, 2.45) is 0 Å². The molecule has 0 N–H and O–H groups in total. The monoisotopic (exact) mass is 395 g/mol. The van der Waals surface area contributed by atoms with Crippen molar-refractivity contribution < 1.29 is 0 Å². The van der Waals surface area contributed by atoms with Crippen molar-refractivity contribution in [1.82, 2.24) is 4.90 Å². The van der Waals surface area contributed by atoms with Gasteiger partial charge in [0.2, 0.25) is 0 Å². The second-order valence-corrected chi connectivity index (χ2v) is 9.32. The van der Waals surface area contributed by atoms with Crippen LogP contribution in [0.15, 0.2) is 0 Å². The molecule has 0 spiro atoms. The third kappa shape index (κ3) is 24.0. The Hall–Kier alpha value is -0.0400. The minimum atomic E-state index is 1.19. The summed E-state index contributed by atoms with van der Waals surface area (Å²) < 4.78 is 0. The Bertz CT molecular complexity index is 263. The molecule has 0 unspecified atom stereocenters. The zero-order chi connectivity index (χ0) is 20.5. The van der Waals surface area contributed by atoms with Crippen LogP contribution in [-0.2, 0) is 0 Å². The fourth-order valence-corrected chi connectivity index (χ4v) is 4.15. The van der Waals surface area contributed by atoms with Gasteiger partial charge in [-0.3, -0.25) is 0 Å². The second kappa shape index (κ2) is 25.0. The Morgan fingerprint density at radius 1 is 0.357 bits per heavy atom. The zero-order valence-corrected chi connectivity index (χ0v) is 20.4. The Morgan fingerprint density at radius 3 is 0.857 bits per heavy atom. The van der Waals surface area contributed by atoms with Crippen LogP contribution in [0.4, 0.5) is 0 Å². The summed E-state index contributed by atoms with van der Waals surface area (Å²) >= 11 is 0. The zero-order valence-electron chi connectivity index (χ0n) is 20.4. The molecule has 0 saturated carbocycles. The first-order valence-corrected chi connectivity index (χ1v) is 13.5. The van der Waals surface area contributed by atoms with Crippen molar-refractivity contribution in [2.75, 3.05) is 20.1 Å². The average Bonchev–Trinajstić information content (AvgIpc) is 2.71. The molecule has 0 bridgehead atoms. The molecule has 0 radical (unpaired) electrons. The minimum absolute atomic E-state index is 1.19. The van der Waals surface area contributed by atoms with Gasteiger partial charge in [0.25, 0.3) is 0 Å². The van der Waals surface area contributed by atoms with E-state index in [-0.39, 0.29) is 0 Å². The molecule has 0 rings (SSSR count). The first-order valence-electron chi connectivity index (χ1n) is 13.5. The molecule has 0 aliphatic rings. The Balaban J connectivity index is 3.00. The molecule has 170 valence electrons. The summed E-state index contributed by atoms with van der Waals surface area (Å²) in [7, 11) is 2.23. The van der Waals surface area contributed by atoms with E-state index in [2.05, 4.69) is 25.8 Å². The van der Waals surface area contributed by atoms with Gasteiger partial charge in [-0.2, -0.15) is 0 Å². The van der Waals surface area contributed by atoms with Crippen LogP contribution in [0.25, 0.3) is 0 Å². The Kier molecular flexibility index (Phi) is 25.0.